The molecule has 3 aromatic carbocycles. The number of benzene rings is 3. The summed E-state index contributed by atoms with van der Waals surface area (Å²) in [5.74, 6) is -0.729. The van der Waals surface area contributed by atoms with Crippen LogP contribution in [0.15, 0.2) is 83.4 Å². The molecular formula is C28H24ClN3O2S. The van der Waals surface area contributed by atoms with Gasteiger partial charge in [-0.25, -0.2) is 0 Å². The Hall–Kier alpha value is -3.53. The summed E-state index contributed by atoms with van der Waals surface area (Å²) in [5.41, 5.74) is 4.12. The van der Waals surface area contributed by atoms with Crippen LogP contribution >= 0.6 is 23.4 Å². The summed E-state index contributed by atoms with van der Waals surface area (Å²) >= 11 is 7.53. The van der Waals surface area contributed by atoms with Gasteiger partial charge in [-0.15, -0.1) is 0 Å². The van der Waals surface area contributed by atoms with Crippen LogP contribution in [-0.2, 0) is 22.4 Å². The highest BCUT2D eigenvalue weighted by Crippen LogP contribution is 2.42. The first-order chi connectivity index (χ1) is 16.9. The van der Waals surface area contributed by atoms with E-state index in [4.69, 9.17) is 11.6 Å². The molecule has 0 radical (unpaired) electrons. The highest BCUT2D eigenvalue weighted by molar-refractivity contribution is 8.05. The number of amides is 2. The van der Waals surface area contributed by atoms with Gasteiger partial charge in [0.25, 0.3) is 5.91 Å². The Morgan fingerprint density at radius 1 is 1.09 bits per heavy atom. The number of thioether (sulfide) groups is 1. The van der Waals surface area contributed by atoms with Gasteiger partial charge in [-0.05, 0) is 66.8 Å². The number of para-hydroxylation sites is 1. The number of nitriles is 1. The van der Waals surface area contributed by atoms with E-state index in [2.05, 4.69) is 12.2 Å². The number of nitrogens with one attached hydrogen (secondary N) is 1. The van der Waals surface area contributed by atoms with Gasteiger partial charge in [-0.1, -0.05) is 72.8 Å². The zero-order valence-electron chi connectivity index (χ0n) is 19.4. The summed E-state index contributed by atoms with van der Waals surface area (Å²) in [6.45, 7) is 3.98. The molecule has 1 aliphatic heterocycles. The van der Waals surface area contributed by atoms with Crippen LogP contribution in [0.2, 0.25) is 5.02 Å². The lowest BCUT2D eigenvalue weighted by atomic mass is 10.1. The van der Waals surface area contributed by atoms with Gasteiger partial charge in [-0.3, -0.25) is 14.5 Å². The molecule has 4 rings (SSSR count). The van der Waals surface area contributed by atoms with Crippen LogP contribution in [0.25, 0.3) is 0 Å². The van der Waals surface area contributed by atoms with E-state index in [1.54, 1.807) is 12.1 Å². The van der Waals surface area contributed by atoms with E-state index in [1.165, 1.54) is 16.7 Å². The molecule has 1 aliphatic rings. The second-order valence-electron chi connectivity index (χ2n) is 8.20. The van der Waals surface area contributed by atoms with Crippen molar-refractivity contribution in [3.8, 4) is 6.07 Å². The maximum Gasteiger partial charge on any atom is 0.269 e. The largest absolute Gasteiger partial charge is 0.321 e. The van der Waals surface area contributed by atoms with Crippen molar-refractivity contribution in [2.45, 2.75) is 31.9 Å². The minimum atomic E-state index is -0.549. The van der Waals surface area contributed by atoms with E-state index in [-0.39, 0.29) is 11.5 Å². The van der Waals surface area contributed by atoms with E-state index in [0.717, 1.165) is 23.1 Å². The standard InChI is InChI=1S/C28H24ClN3O2S/c1-3-19-11-13-21(14-12-19)31-26(33)23(17-30)28-32(22-7-5-4-6-8-22)27(34)25(35-28)16-20-10-9-18(2)24(29)15-20/h4-15,25H,3,16H2,1-2H3,(H,31,33)/b28-23+/t25-/m0/s1. The molecule has 3 aromatic rings. The van der Waals surface area contributed by atoms with Gasteiger partial charge in [0.2, 0.25) is 5.91 Å². The molecule has 1 heterocycles. The van der Waals surface area contributed by atoms with Gasteiger partial charge < -0.3 is 5.32 Å². The van der Waals surface area contributed by atoms with Crippen LogP contribution in [-0.4, -0.2) is 17.1 Å². The van der Waals surface area contributed by atoms with Crippen LogP contribution in [0, 0.1) is 18.3 Å². The highest BCUT2D eigenvalue weighted by Gasteiger charge is 2.40. The molecule has 176 valence electrons. The number of carbonyl (C=O) groups excluding carboxylic acids is 2. The van der Waals surface area contributed by atoms with Crippen molar-refractivity contribution in [2.24, 2.45) is 0 Å². The number of hydrogen-bond donors (Lipinski definition) is 1. The maximum atomic E-state index is 13.5. The molecule has 0 bridgehead atoms. The molecule has 0 saturated carbocycles. The van der Waals surface area contributed by atoms with Gasteiger partial charge in [0.15, 0.2) is 0 Å². The molecule has 0 aliphatic carbocycles. The quantitative estimate of drug-likeness (QED) is 0.319. The third kappa shape index (κ3) is 5.43. The Labute approximate surface area is 214 Å². The number of hydrogen-bond acceptors (Lipinski definition) is 4. The molecule has 1 N–H and O–H groups in total. The summed E-state index contributed by atoms with van der Waals surface area (Å²) in [5, 5.41) is 13.2. The predicted octanol–water partition coefficient (Wildman–Crippen LogP) is 6.28. The molecule has 0 aromatic heterocycles. The fourth-order valence-electron chi connectivity index (χ4n) is 3.79. The van der Waals surface area contributed by atoms with Crippen molar-refractivity contribution in [3.05, 3.63) is 105 Å². The minimum absolute atomic E-state index is 0.101. The maximum absolute atomic E-state index is 13.5. The Balaban J connectivity index is 1.69. The molecule has 2 amide bonds. The second kappa shape index (κ2) is 10.8. The average Bonchev–Trinajstić information content (AvgIpc) is 3.18. The van der Waals surface area contributed by atoms with Gasteiger partial charge in [-0.2, -0.15) is 5.26 Å². The zero-order valence-corrected chi connectivity index (χ0v) is 21.0. The van der Waals surface area contributed by atoms with Crippen molar-refractivity contribution < 1.29 is 9.59 Å². The molecule has 0 spiro atoms. The zero-order chi connectivity index (χ0) is 24.9. The van der Waals surface area contributed by atoms with E-state index < -0.39 is 11.2 Å². The van der Waals surface area contributed by atoms with Crippen LogP contribution < -0.4 is 10.2 Å². The Morgan fingerprint density at radius 2 is 1.77 bits per heavy atom. The van der Waals surface area contributed by atoms with Crippen LogP contribution in [0.5, 0.6) is 0 Å². The fraction of sp³-hybridized carbons (Fsp3) is 0.179. The SMILES string of the molecule is CCc1ccc(NC(=O)/C(C#N)=C2/S[C@@H](Cc3ccc(C)c(Cl)c3)C(=O)N2c2ccccc2)cc1. The van der Waals surface area contributed by atoms with Crippen molar-refractivity contribution >= 4 is 46.6 Å². The Kier molecular flexibility index (Phi) is 7.60. The normalized spacial score (nSPS) is 16.7. The smallest absolute Gasteiger partial charge is 0.269 e. The molecule has 5 nitrogen and oxygen atoms in total. The first kappa shape index (κ1) is 24.6. The number of carbonyl (C=O) groups is 2. The minimum Gasteiger partial charge on any atom is -0.321 e. The fourth-order valence-corrected chi connectivity index (χ4v) is 5.31. The molecule has 35 heavy (non-hydrogen) atoms. The topological polar surface area (TPSA) is 73.2 Å². The van der Waals surface area contributed by atoms with Crippen molar-refractivity contribution in [1.82, 2.24) is 0 Å². The van der Waals surface area contributed by atoms with E-state index in [9.17, 15) is 14.9 Å². The van der Waals surface area contributed by atoms with Crippen LogP contribution in [0.3, 0.4) is 0 Å². The van der Waals surface area contributed by atoms with Crippen molar-refractivity contribution in [3.63, 3.8) is 0 Å². The van der Waals surface area contributed by atoms with E-state index in [0.29, 0.717) is 27.8 Å². The molecule has 0 unspecified atom stereocenters. The van der Waals surface area contributed by atoms with E-state index >= 15 is 0 Å². The molecule has 7 heteroatoms. The molecular weight excluding hydrogens is 478 g/mol. The first-order valence-corrected chi connectivity index (χ1v) is 12.5. The highest BCUT2D eigenvalue weighted by atomic mass is 35.5. The third-order valence-corrected chi connectivity index (χ3v) is 7.47. The third-order valence-electron chi connectivity index (χ3n) is 5.80. The second-order valence-corrected chi connectivity index (χ2v) is 9.80. The Morgan fingerprint density at radius 3 is 2.40 bits per heavy atom. The summed E-state index contributed by atoms with van der Waals surface area (Å²) < 4.78 is 0. The summed E-state index contributed by atoms with van der Waals surface area (Å²) in [4.78, 5) is 28.2. The number of anilines is 2. The summed E-state index contributed by atoms with van der Waals surface area (Å²) in [6, 6.07) is 24.3. The van der Waals surface area contributed by atoms with Gasteiger partial charge in [0, 0.05) is 16.4 Å². The average molecular weight is 502 g/mol. The molecule has 1 saturated heterocycles. The monoisotopic (exact) mass is 501 g/mol. The van der Waals surface area contributed by atoms with Gasteiger partial charge in [0.1, 0.15) is 16.7 Å². The van der Waals surface area contributed by atoms with Gasteiger partial charge in [0.05, 0.1) is 5.25 Å². The number of aryl methyl sites for hydroxylation is 2. The van der Waals surface area contributed by atoms with Crippen molar-refractivity contribution in [1.29, 1.82) is 5.26 Å². The van der Waals surface area contributed by atoms with Gasteiger partial charge >= 0.3 is 0 Å². The van der Waals surface area contributed by atoms with Crippen LogP contribution in [0.4, 0.5) is 11.4 Å². The molecule has 1 fully saturated rings. The lowest BCUT2D eigenvalue weighted by Gasteiger charge is -2.18. The molecule has 1 atom stereocenters. The number of rotatable bonds is 6. The number of halogens is 1. The van der Waals surface area contributed by atoms with E-state index in [1.807, 2.05) is 73.7 Å². The van der Waals surface area contributed by atoms with Crippen LogP contribution in [0.1, 0.15) is 23.6 Å². The number of nitrogens with zero attached hydrogens (tertiary/aromatic N) is 2. The summed E-state index contributed by atoms with van der Waals surface area (Å²) in [6.07, 6.45) is 1.31. The first-order valence-electron chi connectivity index (χ1n) is 11.3. The lowest BCUT2D eigenvalue weighted by Crippen LogP contribution is -2.30. The summed E-state index contributed by atoms with van der Waals surface area (Å²) in [7, 11) is 0. The lowest BCUT2D eigenvalue weighted by molar-refractivity contribution is -0.117. The Bertz CT molecular complexity index is 1330. The predicted molar refractivity (Wildman–Crippen MR) is 142 cm³/mol. The van der Waals surface area contributed by atoms with Crippen molar-refractivity contribution in [2.75, 3.05) is 10.2 Å².